The van der Waals surface area contributed by atoms with Gasteiger partial charge in [-0.05, 0) is 49.4 Å². The number of nitrogens with one attached hydrogen (secondary N) is 1. The van der Waals surface area contributed by atoms with Crippen LogP contribution in [-0.4, -0.2) is 40.9 Å². The maximum Gasteiger partial charge on any atom is 0.337 e. The van der Waals surface area contributed by atoms with Crippen LogP contribution in [0.15, 0.2) is 82.7 Å². The number of para-hydroxylation sites is 3. The molecular formula is C26H23N3O5S. The summed E-state index contributed by atoms with van der Waals surface area (Å²) in [5.74, 6) is -0.269. The number of benzene rings is 3. The molecular weight excluding hydrogens is 466 g/mol. The fourth-order valence-electron chi connectivity index (χ4n) is 3.49. The summed E-state index contributed by atoms with van der Waals surface area (Å²) in [6, 6.07) is 20.8. The quantitative estimate of drug-likeness (QED) is 0.235. The third-order valence-corrected chi connectivity index (χ3v) is 6.34. The van der Waals surface area contributed by atoms with Crippen LogP contribution in [0.2, 0.25) is 0 Å². The van der Waals surface area contributed by atoms with Crippen molar-refractivity contribution >= 4 is 40.2 Å². The van der Waals surface area contributed by atoms with Crippen LogP contribution in [0.5, 0.6) is 5.75 Å². The molecule has 0 spiro atoms. The van der Waals surface area contributed by atoms with Crippen molar-refractivity contribution in [1.29, 1.82) is 0 Å². The molecule has 1 unspecified atom stereocenters. The summed E-state index contributed by atoms with van der Waals surface area (Å²) in [5.41, 5.74) is 1.47. The zero-order valence-electron chi connectivity index (χ0n) is 19.3. The van der Waals surface area contributed by atoms with Gasteiger partial charge in [-0.15, -0.1) is 0 Å². The molecule has 178 valence electrons. The standard InChI is InChI=1S/C26H23N3O5S/c1-16(23(30)27-20-11-7-8-12-22(20)33-2)35-26-28-21-15-17(25(32)34-3)13-14-19(21)24(31)29(26)18-9-5-4-6-10-18/h4-16H,1-3H3,(H,27,30). The number of hydrogen-bond donors (Lipinski definition) is 1. The first-order chi connectivity index (χ1) is 16.9. The molecule has 0 aliphatic heterocycles. The Balaban J connectivity index is 1.76. The maximum absolute atomic E-state index is 13.5. The molecule has 1 atom stereocenters. The molecule has 35 heavy (non-hydrogen) atoms. The number of carbonyl (C=O) groups is 2. The van der Waals surface area contributed by atoms with Crippen molar-refractivity contribution in [3.05, 3.63) is 88.7 Å². The van der Waals surface area contributed by atoms with Crippen LogP contribution < -0.4 is 15.6 Å². The lowest BCUT2D eigenvalue weighted by Crippen LogP contribution is -2.26. The minimum atomic E-state index is -0.608. The first kappa shape index (κ1) is 24.0. The Labute approximate surface area is 205 Å². The van der Waals surface area contributed by atoms with E-state index in [0.717, 1.165) is 11.8 Å². The predicted molar refractivity (Wildman–Crippen MR) is 136 cm³/mol. The van der Waals surface area contributed by atoms with Crippen LogP contribution in [0, 0.1) is 0 Å². The van der Waals surface area contributed by atoms with Crippen molar-refractivity contribution in [3.63, 3.8) is 0 Å². The number of anilines is 1. The lowest BCUT2D eigenvalue weighted by Gasteiger charge is -2.17. The summed E-state index contributed by atoms with van der Waals surface area (Å²) in [4.78, 5) is 43.2. The van der Waals surface area contributed by atoms with E-state index >= 15 is 0 Å². The molecule has 4 rings (SSSR count). The Hall–Kier alpha value is -4.11. The van der Waals surface area contributed by atoms with Crippen molar-refractivity contribution in [2.24, 2.45) is 0 Å². The van der Waals surface area contributed by atoms with Gasteiger partial charge in [-0.2, -0.15) is 0 Å². The van der Waals surface area contributed by atoms with Crippen LogP contribution in [0.25, 0.3) is 16.6 Å². The minimum Gasteiger partial charge on any atom is -0.495 e. The van der Waals surface area contributed by atoms with Crippen molar-refractivity contribution in [1.82, 2.24) is 9.55 Å². The highest BCUT2D eigenvalue weighted by atomic mass is 32.2. The van der Waals surface area contributed by atoms with Gasteiger partial charge < -0.3 is 14.8 Å². The Morgan fingerprint density at radius 1 is 1.00 bits per heavy atom. The highest BCUT2D eigenvalue weighted by Gasteiger charge is 2.22. The maximum atomic E-state index is 13.5. The van der Waals surface area contributed by atoms with E-state index in [9.17, 15) is 14.4 Å². The number of thioether (sulfide) groups is 1. The Morgan fingerprint density at radius 2 is 1.71 bits per heavy atom. The van der Waals surface area contributed by atoms with Gasteiger partial charge in [-0.25, -0.2) is 9.78 Å². The lowest BCUT2D eigenvalue weighted by atomic mass is 10.1. The molecule has 3 aromatic carbocycles. The number of carbonyl (C=O) groups excluding carboxylic acids is 2. The Morgan fingerprint density at radius 3 is 2.43 bits per heavy atom. The van der Waals surface area contributed by atoms with E-state index in [2.05, 4.69) is 10.3 Å². The average Bonchev–Trinajstić information content (AvgIpc) is 2.88. The number of esters is 1. The van der Waals surface area contributed by atoms with Gasteiger partial charge in [-0.3, -0.25) is 14.2 Å². The van der Waals surface area contributed by atoms with Gasteiger partial charge in [0.25, 0.3) is 5.56 Å². The van der Waals surface area contributed by atoms with E-state index in [1.165, 1.54) is 30.9 Å². The van der Waals surface area contributed by atoms with E-state index in [-0.39, 0.29) is 17.0 Å². The fraction of sp³-hybridized carbons (Fsp3) is 0.154. The van der Waals surface area contributed by atoms with Gasteiger partial charge in [0.05, 0.1) is 47.3 Å². The number of nitrogens with zero attached hydrogens (tertiary/aromatic N) is 2. The highest BCUT2D eigenvalue weighted by Crippen LogP contribution is 2.28. The average molecular weight is 490 g/mol. The third-order valence-electron chi connectivity index (χ3n) is 5.29. The summed E-state index contributed by atoms with van der Waals surface area (Å²) in [6.45, 7) is 1.73. The third kappa shape index (κ3) is 5.04. The summed E-state index contributed by atoms with van der Waals surface area (Å²) in [6.07, 6.45) is 0. The molecule has 1 aromatic heterocycles. The van der Waals surface area contributed by atoms with E-state index in [4.69, 9.17) is 9.47 Å². The second-order valence-corrected chi connectivity index (χ2v) is 8.85. The van der Waals surface area contributed by atoms with Crippen LogP contribution >= 0.6 is 11.8 Å². The van der Waals surface area contributed by atoms with Gasteiger partial charge in [0.15, 0.2) is 5.16 Å². The largest absolute Gasteiger partial charge is 0.495 e. The van der Waals surface area contributed by atoms with E-state index in [1.54, 1.807) is 43.3 Å². The fourth-order valence-corrected chi connectivity index (χ4v) is 4.41. The van der Waals surface area contributed by atoms with Gasteiger partial charge in [0.2, 0.25) is 5.91 Å². The number of methoxy groups -OCH3 is 2. The van der Waals surface area contributed by atoms with Crippen LogP contribution in [0.3, 0.4) is 0 Å². The van der Waals surface area contributed by atoms with Crippen molar-refractivity contribution in [2.75, 3.05) is 19.5 Å². The number of rotatable bonds is 7. The molecule has 0 radical (unpaired) electrons. The molecule has 0 saturated heterocycles. The van der Waals surface area contributed by atoms with Crippen LogP contribution in [0.4, 0.5) is 5.69 Å². The van der Waals surface area contributed by atoms with Gasteiger partial charge in [0.1, 0.15) is 5.75 Å². The normalized spacial score (nSPS) is 11.6. The molecule has 1 heterocycles. The SMILES string of the molecule is COC(=O)c1ccc2c(=O)n(-c3ccccc3)c(SC(C)C(=O)Nc3ccccc3OC)nc2c1. The monoisotopic (exact) mass is 489 g/mol. The minimum absolute atomic E-state index is 0.280. The van der Waals surface area contributed by atoms with Crippen LogP contribution in [0.1, 0.15) is 17.3 Å². The smallest absolute Gasteiger partial charge is 0.337 e. The van der Waals surface area contributed by atoms with E-state index < -0.39 is 11.2 Å². The predicted octanol–water partition coefficient (Wildman–Crippen LogP) is 4.30. The molecule has 4 aromatic rings. The van der Waals surface area contributed by atoms with Crippen molar-refractivity contribution in [2.45, 2.75) is 17.3 Å². The summed E-state index contributed by atoms with van der Waals surface area (Å²) >= 11 is 1.14. The second kappa shape index (κ2) is 10.4. The summed E-state index contributed by atoms with van der Waals surface area (Å²) in [5, 5.41) is 2.92. The molecule has 0 bridgehead atoms. The summed E-state index contributed by atoms with van der Waals surface area (Å²) in [7, 11) is 2.82. The number of aromatic nitrogens is 2. The van der Waals surface area contributed by atoms with Crippen molar-refractivity contribution < 1.29 is 19.1 Å². The van der Waals surface area contributed by atoms with Crippen molar-refractivity contribution in [3.8, 4) is 11.4 Å². The van der Waals surface area contributed by atoms with Gasteiger partial charge in [-0.1, -0.05) is 42.1 Å². The molecule has 1 N–H and O–H groups in total. The Kier molecular flexibility index (Phi) is 7.17. The molecule has 0 aliphatic rings. The van der Waals surface area contributed by atoms with E-state index in [0.29, 0.717) is 33.2 Å². The highest BCUT2D eigenvalue weighted by molar-refractivity contribution is 8.00. The van der Waals surface area contributed by atoms with E-state index in [1.807, 2.05) is 24.3 Å². The number of hydrogen-bond acceptors (Lipinski definition) is 7. The molecule has 8 nitrogen and oxygen atoms in total. The molecule has 0 aliphatic carbocycles. The lowest BCUT2D eigenvalue weighted by molar-refractivity contribution is -0.115. The topological polar surface area (TPSA) is 99.5 Å². The first-order valence-electron chi connectivity index (χ1n) is 10.7. The summed E-state index contributed by atoms with van der Waals surface area (Å²) < 4.78 is 11.6. The second-order valence-electron chi connectivity index (χ2n) is 7.54. The van der Waals surface area contributed by atoms with Gasteiger partial charge in [0, 0.05) is 0 Å². The molecule has 0 saturated carbocycles. The first-order valence-corrected chi connectivity index (χ1v) is 11.6. The molecule has 1 amide bonds. The van der Waals surface area contributed by atoms with Gasteiger partial charge >= 0.3 is 5.97 Å². The number of amides is 1. The molecule has 0 fully saturated rings. The van der Waals surface area contributed by atoms with Crippen LogP contribution in [-0.2, 0) is 9.53 Å². The zero-order valence-corrected chi connectivity index (χ0v) is 20.2. The number of fused-ring (bicyclic) bond motifs is 1. The molecule has 9 heteroatoms. The number of ether oxygens (including phenoxy) is 2. The zero-order chi connectivity index (χ0) is 24.9. The Bertz CT molecular complexity index is 1450.